The molecule has 0 radical (unpaired) electrons. The van der Waals surface area contributed by atoms with Crippen LogP contribution in [0.25, 0.3) is 0 Å². The number of unbranched alkanes of at least 4 members (excludes halogenated alkanes) is 1. The van der Waals surface area contributed by atoms with Gasteiger partial charge >= 0.3 is 0 Å². The third-order valence-corrected chi connectivity index (χ3v) is 4.05. The van der Waals surface area contributed by atoms with Gasteiger partial charge < -0.3 is 9.84 Å². The quantitative estimate of drug-likeness (QED) is 0.724. The number of ether oxygens (including phenoxy) is 1. The molecule has 0 bridgehead atoms. The molecule has 1 N–H and O–H groups in total. The highest BCUT2D eigenvalue weighted by Gasteiger charge is 2.31. The number of rotatable bonds is 7. The van der Waals surface area contributed by atoms with E-state index in [1.54, 1.807) is 0 Å². The van der Waals surface area contributed by atoms with E-state index in [9.17, 15) is 5.11 Å². The highest BCUT2D eigenvalue weighted by molar-refractivity contribution is 4.80. The van der Waals surface area contributed by atoms with Crippen molar-refractivity contribution in [3.63, 3.8) is 0 Å². The van der Waals surface area contributed by atoms with Crippen LogP contribution in [0.4, 0.5) is 0 Å². The molecule has 16 heavy (non-hydrogen) atoms. The Balaban J connectivity index is 2.32. The van der Waals surface area contributed by atoms with Crippen molar-refractivity contribution < 1.29 is 9.84 Å². The van der Waals surface area contributed by atoms with Crippen molar-refractivity contribution in [3.05, 3.63) is 0 Å². The molecule has 0 saturated carbocycles. The van der Waals surface area contributed by atoms with Crippen LogP contribution < -0.4 is 0 Å². The summed E-state index contributed by atoms with van der Waals surface area (Å²) < 4.78 is 5.52. The normalized spacial score (nSPS) is 29.2. The Morgan fingerprint density at radius 2 is 2.12 bits per heavy atom. The number of aliphatic hydroxyl groups excluding tert-OH is 1. The minimum Gasteiger partial charge on any atom is -0.393 e. The molecular formula is C14H28O2. The molecule has 0 aliphatic carbocycles. The molecule has 0 amide bonds. The summed E-state index contributed by atoms with van der Waals surface area (Å²) in [5, 5.41) is 10.2. The topological polar surface area (TPSA) is 29.5 Å². The van der Waals surface area contributed by atoms with Crippen molar-refractivity contribution in [3.8, 4) is 0 Å². The molecule has 1 saturated heterocycles. The molecule has 2 heteroatoms. The number of aliphatic hydroxyl groups is 1. The second-order valence-corrected chi connectivity index (χ2v) is 5.25. The molecular weight excluding hydrogens is 200 g/mol. The number of hydrogen-bond donors (Lipinski definition) is 1. The van der Waals surface area contributed by atoms with E-state index >= 15 is 0 Å². The molecule has 1 heterocycles. The highest BCUT2D eigenvalue weighted by atomic mass is 16.5. The molecule has 0 aromatic carbocycles. The molecule has 4 unspecified atom stereocenters. The van der Waals surface area contributed by atoms with Gasteiger partial charge in [0.15, 0.2) is 0 Å². The second-order valence-electron chi connectivity index (χ2n) is 5.25. The predicted molar refractivity (Wildman–Crippen MR) is 67.5 cm³/mol. The summed E-state index contributed by atoms with van der Waals surface area (Å²) in [6, 6.07) is 0. The molecule has 0 aromatic rings. The summed E-state index contributed by atoms with van der Waals surface area (Å²) in [4.78, 5) is 0. The Bertz CT molecular complexity index is 182. The SMILES string of the molecule is CCCCC(CC)CC(O)C1CCOC1C. The van der Waals surface area contributed by atoms with E-state index in [0.717, 1.165) is 19.4 Å². The van der Waals surface area contributed by atoms with Crippen molar-refractivity contribution in [2.75, 3.05) is 6.61 Å². The monoisotopic (exact) mass is 228 g/mol. The van der Waals surface area contributed by atoms with Gasteiger partial charge in [0.1, 0.15) is 0 Å². The second kappa shape index (κ2) is 7.29. The molecule has 0 aromatic heterocycles. The number of hydrogen-bond acceptors (Lipinski definition) is 2. The van der Waals surface area contributed by atoms with Gasteiger partial charge in [-0.3, -0.25) is 0 Å². The lowest BCUT2D eigenvalue weighted by Gasteiger charge is -2.25. The van der Waals surface area contributed by atoms with Crippen molar-refractivity contribution in [1.82, 2.24) is 0 Å². The first-order valence-electron chi connectivity index (χ1n) is 6.98. The Hall–Kier alpha value is -0.0800. The molecule has 1 aliphatic heterocycles. The first-order valence-corrected chi connectivity index (χ1v) is 6.98. The van der Waals surface area contributed by atoms with Gasteiger partial charge in [-0.15, -0.1) is 0 Å². The van der Waals surface area contributed by atoms with Gasteiger partial charge in [-0.25, -0.2) is 0 Å². The van der Waals surface area contributed by atoms with E-state index in [-0.39, 0.29) is 12.2 Å². The predicted octanol–water partition coefficient (Wildman–Crippen LogP) is 3.38. The lowest BCUT2D eigenvalue weighted by Crippen LogP contribution is -2.28. The summed E-state index contributed by atoms with van der Waals surface area (Å²) in [5.41, 5.74) is 0. The minimum absolute atomic E-state index is 0.153. The fourth-order valence-corrected chi connectivity index (χ4v) is 2.75. The molecule has 96 valence electrons. The fraction of sp³-hybridized carbons (Fsp3) is 1.00. The van der Waals surface area contributed by atoms with E-state index < -0.39 is 0 Å². The van der Waals surface area contributed by atoms with Crippen LogP contribution in [-0.4, -0.2) is 23.9 Å². The molecule has 2 nitrogen and oxygen atoms in total. The summed E-state index contributed by atoms with van der Waals surface area (Å²) in [5.74, 6) is 1.07. The van der Waals surface area contributed by atoms with Crippen LogP contribution in [0.2, 0.25) is 0 Å². The summed E-state index contributed by atoms with van der Waals surface area (Å²) >= 11 is 0. The lowest BCUT2D eigenvalue weighted by atomic mass is 9.86. The van der Waals surface area contributed by atoms with Crippen LogP contribution in [-0.2, 0) is 4.74 Å². The van der Waals surface area contributed by atoms with Crippen molar-refractivity contribution >= 4 is 0 Å². The average Bonchev–Trinajstić information content (AvgIpc) is 2.70. The lowest BCUT2D eigenvalue weighted by molar-refractivity contribution is 0.0297. The fourth-order valence-electron chi connectivity index (χ4n) is 2.75. The highest BCUT2D eigenvalue weighted by Crippen LogP contribution is 2.29. The molecule has 1 fully saturated rings. The van der Waals surface area contributed by atoms with Gasteiger partial charge in [0.2, 0.25) is 0 Å². The Kier molecular flexibility index (Phi) is 6.37. The smallest absolute Gasteiger partial charge is 0.0600 e. The van der Waals surface area contributed by atoms with E-state index in [1.807, 2.05) is 0 Å². The van der Waals surface area contributed by atoms with E-state index in [4.69, 9.17) is 4.74 Å². The van der Waals surface area contributed by atoms with Gasteiger partial charge in [0, 0.05) is 12.5 Å². The Morgan fingerprint density at radius 3 is 2.62 bits per heavy atom. The van der Waals surface area contributed by atoms with Gasteiger partial charge in [0.25, 0.3) is 0 Å². The van der Waals surface area contributed by atoms with Gasteiger partial charge in [-0.1, -0.05) is 39.5 Å². The van der Waals surface area contributed by atoms with E-state index in [2.05, 4.69) is 20.8 Å². The van der Waals surface area contributed by atoms with Gasteiger partial charge in [0.05, 0.1) is 12.2 Å². The van der Waals surface area contributed by atoms with E-state index in [0.29, 0.717) is 11.8 Å². The first-order chi connectivity index (χ1) is 7.69. The van der Waals surface area contributed by atoms with Crippen LogP contribution in [0, 0.1) is 11.8 Å². The summed E-state index contributed by atoms with van der Waals surface area (Å²) in [6.45, 7) is 7.39. The maximum Gasteiger partial charge on any atom is 0.0600 e. The van der Waals surface area contributed by atoms with Crippen molar-refractivity contribution in [2.24, 2.45) is 11.8 Å². The molecule has 4 atom stereocenters. The third kappa shape index (κ3) is 4.06. The average molecular weight is 228 g/mol. The molecule has 0 spiro atoms. The van der Waals surface area contributed by atoms with Crippen LogP contribution in [0.1, 0.15) is 59.3 Å². The molecule has 1 aliphatic rings. The van der Waals surface area contributed by atoms with Gasteiger partial charge in [-0.05, 0) is 25.7 Å². The summed E-state index contributed by atoms with van der Waals surface area (Å²) in [7, 11) is 0. The Labute approximate surface area is 100 Å². The zero-order valence-electron chi connectivity index (χ0n) is 11.1. The zero-order chi connectivity index (χ0) is 12.0. The maximum absolute atomic E-state index is 10.2. The first kappa shape index (κ1) is 14.0. The standard InChI is InChI=1S/C14H28O2/c1-4-6-7-12(5-2)10-14(15)13-8-9-16-11(13)3/h11-15H,4-10H2,1-3H3. The van der Waals surface area contributed by atoms with Crippen LogP contribution in [0.15, 0.2) is 0 Å². The van der Waals surface area contributed by atoms with Crippen molar-refractivity contribution in [1.29, 1.82) is 0 Å². The maximum atomic E-state index is 10.2. The minimum atomic E-state index is -0.153. The van der Waals surface area contributed by atoms with Crippen LogP contribution >= 0.6 is 0 Å². The van der Waals surface area contributed by atoms with Crippen LogP contribution in [0.3, 0.4) is 0 Å². The van der Waals surface area contributed by atoms with Gasteiger partial charge in [-0.2, -0.15) is 0 Å². The van der Waals surface area contributed by atoms with E-state index in [1.165, 1.54) is 25.7 Å². The largest absolute Gasteiger partial charge is 0.393 e. The third-order valence-electron chi connectivity index (χ3n) is 4.05. The van der Waals surface area contributed by atoms with Crippen LogP contribution in [0.5, 0.6) is 0 Å². The molecule has 1 rings (SSSR count). The van der Waals surface area contributed by atoms with Crippen molar-refractivity contribution in [2.45, 2.75) is 71.5 Å². The summed E-state index contributed by atoms with van der Waals surface area (Å²) in [6.07, 6.45) is 7.11. The Morgan fingerprint density at radius 1 is 1.38 bits per heavy atom. The zero-order valence-corrected chi connectivity index (χ0v) is 11.1.